The van der Waals surface area contributed by atoms with Crippen molar-refractivity contribution in [1.29, 1.82) is 0 Å². The van der Waals surface area contributed by atoms with Crippen LogP contribution in [0.4, 0.5) is 4.39 Å². The summed E-state index contributed by atoms with van der Waals surface area (Å²) < 4.78 is 18.5. The molecule has 2 N–H and O–H groups in total. The number of fused-ring (bicyclic) bond motifs is 1. The Labute approximate surface area is 101 Å². The zero-order valence-electron chi connectivity index (χ0n) is 9.11. The van der Waals surface area contributed by atoms with E-state index >= 15 is 0 Å². The quantitative estimate of drug-likeness (QED) is 0.728. The molecule has 0 saturated heterocycles. The zero-order chi connectivity index (χ0) is 12.7. The number of rotatable bonds is 2. The van der Waals surface area contributed by atoms with Gasteiger partial charge in [-0.05, 0) is 36.4 Å². The molecular formula is C13H8FNO3. The molecule has 0 bridgehead atoms. The molecule has 0 fully saturated rings. The van der Waals surface area contributed by atoms with Gasteiger partial charge < -0.3 is 14.5 Å². The lowest BCUT2D eigenvalue weighted by Crippen LogP contribution is -1.95. The molecule has 0 aliphatic carbocycles. The number of nitrogens with one attached hydrogen (secondary N) is 1. The number of halogens is 1. The lowest BCUT2D eigenvalue weighted by Gasteiger charge is -1.90. The van der Waals surface area contributed by atoms with Crippen LogP contribution in [-0.4, -0.2) is 16.1 Å². The number of aromatic nitrogens is 1. The van der Waals surface area contributed by atoms with Gasteiger partial charge in [-0.3, -0.25) is 0 Å². The molecule has 1 aromatic carbocycles. The lowest BCUT2D eigenvalue weighted by atomic mass is 10.2. The second-order valence-electron chi connectivity index (χ2n) is 3.88. The molecule has 0 saturated carbocycles. The molecule has 0 aliphatic rings. The molecule has 2 heterocycles. The first-order chi connectivity index (χ1) is 8.63. The average molecular weight is 245 g/mol. The molecule has 0 amide bonds. The molecule has 2 aromatic heterocycles. The van der Waals surface area contributed by atoms with E-state index in [2.05, 4.69) is 4.98 Å². The van der Waals surface area contributed by atoms with Crippen molar-refractivity contribution in [2.24, 2.45) is 0 Å². The summed E-state index contributed by atoms with van der Waals surface area (Å²) in [5.41, 5.74) is 1.18. The van der Waals surface area contributed by atoms with E-state index in [1.54, 1.807) is 12.1 Å². The maximum Gasteiger partial charge on any atom is 0.352 e. The van der Waals surface area contributed by atoms with Gasteiger partial charge in [-0.2, -0.15) is 0 Å². The predicted molar refractivity (Wildman–Crippen MR) is 62.9 cm³/mol. The summed E-state index contributed by atoms with van der Waals surface area (Å²) in [6, 6.07) is 8.93. The predicted octanol–water partition coefficient (Wildman–Crippen LogP) is 3.27. The van der Waals surface area contributed by atoms with Gasteiger partial charge in [-0.1, -0.05) is 0 Å². The van der Waals surface area contributed by atoms with Gasteiger partial charge >= 0.3 is 5.97 Å². The second kappa shape index (κ2) is 3.73. The van der Waals surface area contributed by atoms with Gasteiger partial charge in [-0.25, -0.2) is 9.18 Å². The smallest absolute Gasteiger partial charge is 0.352 e. The largest absolute Gasteiger partial charge is 0.477 e. The first-order valence-corrected chi connectivity index (χ1v) is 5.25. The first-order valence-electron chi connectivity index (χ1n) is 5.25. The van der Waals surface area contributed by atoms with Crippen molar-refractivity contribution in [2.75, 3.05) is 0 Å². The van der Waals surface area contributed by atoms with Crippen LogP contribution in [0.1, 0.15) is 10.5 Å². The monoisotopic (exact) mass is 245 g/mol. The summed E-state index contributed by atoms with van der Waals surface area (Å²) in [4.78, 5) is 13.5. The maximum atomic E-state index is 13.0. The number of aromatic amines is 1. The molecule has 90 valence electrons. The maximum absolute atomic E-state index is 13.0. The van der Waals surface area contributed by atoms with Crippen molar-refractivity contribution in [1.82, 2.24) is 4.98 Å². The van der Waals surface area contributed by atoms with Crippen molar-refractivity contribution >= 4 is 16.9 Å². The molecule has 0 unspecified atom stereocenters. The van der Waals surface area contributed by atoms with Crippen LogP contribution < -0.4 is 0 Å². The van der Waals surface area contributed by atoms with E-state index in [0.717, 1.165) is 0 Å². The van der Waals surface area contributed by atoms with Crippen molar-refractivity contribution < 1.29 is 18.7 Å². The summed E-state index contributed by atoms with van der Waals surface area (Å²) in [5.74, 6) is -0.904. The molecule has 0 atom stereocenters. The number of H-pyrrole nitrogens is 1. The number of aromatic carboxylic acids is 1. The Bertz CT molecular complexity index is 742. The van der Waals surface area contributed by atoms with Crippen molar-refractivity contribution in [3.05, 3.63) is 47.9 Å². The van der Waals surface area contributed by atoms with Gasteiger partial charge in [0.1, 0.15) is 17.1 Å². The molecule has 5 heteroatoms. The lowest BCUT2D eigenvalue weighted by molar-refractivity contribution is 0.0691. The Kier molecular flexibility index (Phi) is 2.19. The molecule has 18 heavy (non-hydrogen) atoms. The van der Waals surface area contributed by atoms with Gasteiger partial charge in [0.25, 0.3) is 0 Å². The van der Waals surface area contributed by atoms with Crippen LogP contribution in [0.5, 0.6) is 0 Å². The average Bonchev–Trinajstić information content (AvgIpc) is 2.93. The van der Waals surface area contributed by atoms with Crippen LogP contribution in [0.3, 0.4) is 0 Å². The van der Waals surface area contributed by atoms with E-state index in [0.29, 0.717) is 22.4 Å². The third-order valence-corrected chi connectivity index (χ3v) is 2.66. The Morgan fingerprint density at radius 1 is 1.22 bits per heavy atom. The van der Waals surface area contributed by atoms with E-state index < -0.39 is 5.97 Å². The summed E-state index contributed by atoms with van der Waals surface area (Å²) in [6.45, 7) is 0. The van der Waals surface area contributed by atoms with Crippen LogP contribution in [-0.2, 0) is 0 Å². The third-order valence-electron chi connectivity index (χ3n) is 2.66. The van der Waals surface area contributed by atoms with Gasteiger partial charge in [-0.15, -0.1) is 0 Å². The summed E-state index contributed by atoms with van der Waals surface area (Å²) in [6.07, 6.45) is 0. The zero-order valence-corrected chi connectivity index (χ0v) is 9.11. The number of hydrogen-bond donors (Lipinski definition) is 2. The van der Waals surface area contributed by atoms with Crippen LogP contribution in [0.2, 0.25) is 0 Å². The topological polar surface area (TPSA) is 66.2 Å². The van der Waals surface area contributed by atoms with E-state index in [1.165, 1.54) is 24.3 Å². The summed E-state index contributed by atoms with van der Waals surface area (Å²) in [5, 5.41) is 9.45. The fourth-order valence-electron chi connectivity index (χ4n) is 1.81. The van der Waals surface area contributed by atoms with Gasteiger partial charge in [0.15, 0.2) is 5.76 Å². The van der Waals surface area contributed by atoms with Crippen molar-refractivity contribution in [3.63, 3.8) is 0 Å². The normalized spacial score (nSPS) is 10.9. The van der Waals surface area contributed by atoms with Gasteiger partial charge in [0.2, 0.25) is 0 Å². The number of furan rings is 1. The number of carboxylic acid groups (broad SMARTS) is 1. The van der Waals surface area contributed by atoms with E-state index in [-0.39, 0.29) is 11.5 Å². The summed E-state index contributed by atoms with van der Waals surface area (Å²) >= 11 is 0. The van der Waals surface area contributed by atoms with Crippen LogP contribution in [0, 0.1) is 5.82 Å². The SMILES string of the molecule is O=C(O)c1ccc(-c2cc3cc(F)ccc3o2)[nH]1. The van der Waals surface area contributed by atoms with Crippen LogP contribution >= 0.6 is 0 Å². The fraction of sp³-hybridized carbons (Fsp3) is 0. The minimum Gasteiger partial charge on any atom is -0.477 e. The number of hydrogen-bond acceptors (Lipinski definition) is 2. The minimum atomic E-state index is -1.04. The van der Waals surface area contributed by atoms with Crippen molar-refractivity contribution in [3.8, 4) is 11.5 Å². The van der Waals surface area contributed by atoms with E-state index in [9.17, 15) is 9.18 Å². The Balaban J connectivity index is 2.10. The first kappa shape index (κ1) is 10.6. The molecule has 0 spiro atoms. The van der Waals surface area contributed by atoms with Crippen LogP contribution in [0.15, 0.2) is 40.8 Å². The Morgan fingerprint density at radius 2 is 2.06 bits per heavy atom. The van der Waals surface area contributed by atoms with Crippen LogP contribution in [0.25, 0.3) is 22.4 Å². The highest BCUT2D eigenvalue weighted by molar-refractivity contribution is 5.87. The third kappa shape index (κ3) is 1.66. The number of carboxylic acids is 1. The van der Waals surface area contributed by atoms with E-state index in [4.69, 9.17) is 9.52 Å². The fourth-order valence-corrected chi connectivity index (χ4v) is 1.81. The highest BCUT2D eigenvalue weighted by Crippen LogP contribution is 2.27. The Morgan fingerprint density at radius 3 is 2.78 bits per heavy atom. The van der Waals surface area contributed by atoms with E-state index in [1.807, 2.05) is 0 Å². The molecule has 3 rings (SSSR count). The molecule has 0 radical (unpaired) electrons. The van der Waals surface area contributed by atoms with Crippen molar-refractivity contribution in [2.45, 2.75) is 0 Å². The second-order valence-corrected chi connectivity index (χ2v) is 3.88. The number of carbonyl (C=O) groups is 1. The summed E-state index contributed by atoms with van der Waals surface area (Å²) in [7, 11) is 0. The Hall–Kier alpha value is -2.56. The highest BCUT2D eigenvalue weighted by Gasteiger charge is 2.11. The molecule has 3 aromatic rings. The molecule has 4 nitrogen and oxygen atoms in total. The van der Waals surface area contributed by atoms with Gasteiger partial charge in [0.05, 0.1) is 5.69 Å². The molecule has 0 aliphatic heterocycles. The van der Waals surface area contributed by atoms with Gasteiger partial charge in [0, 0.05) is 5.39 Å². The molecular weight excluding hydrogens is 237 g/mol. The minimum absolute atomic E-state index is 0.0802. The highest BCUT2D eigenvalue weighted by atomic mass is 19.1. The standard InChI is InChI=1S/C13H8FNO3/c14-8-1-4-11-7(5-8)6-12(18-11)9-2-3-10(15-9)13(16)17/h1-6,15H,(H,16,17). The number of benzene rings is 1.